The number of nitrogens with one attached hydrogen (secondary N) is 1. The highest BCUT2D eigenvalue weighted by Gasteiger charge is 2.30. The fourth-order valence-electron chi connectivity index (χ4n) is 3.90. The second kappa shape index (κ2) is 10.2. The summed E-state index contributed by atoms with van der Waals surface area (Å²) in [6, 6.07) is 17.1. The molecule has 3 aromatic rings. The van der Waals surface area contributed by atoms with Gasteiger partial charge in [-0.3, -0.25) is 9.69 Å². The number of carbonyl (C=O) groups is 2. The van der Waals surface area contributed by atoms with Gasteiger partial charge in [0.15, 0.2) is 0 Å². The van der Waals surface area contributed by atoms with E-state index in [2.05, 4.69) is 5.32 Å². The Morgan fingerprint density at radius 2 is 1.49 bits per heavy atom. The maximum atomic E-state index is 13.0. The highest BCUT2D eigenvalue weighted by molar-refractivity contribution is 5.94. The van der Waals surface area contributed by atoms with Gasteiger partial charge in [0.2, 0.25) is 5.91 Å². The van der Waals surface area contributed by atoms with Crippen molar-refractivity contribution in [2.75, 3.05) is 23.3 Å². The molecule has 3 amide bonds. The molecular weight excluding hydrogens is 462 g/mol. The van der Waals surface area contributed by atoms with E-state index in [1.807, 2.05) is 0 Å². The molecule has 0 unspecified atom stereocenters. The van der Waals surface area contributed by atoms with E-state index in [4.69, 9.17) is 0 Å². The van der Waals surface area contributed by atoms with Crippen molar-refractivity contribution in [1.82, 2.24) is 4.90 Å². The molecule has 0 atom stereocenters. The van der Waals surface area contributed by atoms with Crippen LogP contribution in [0, 0.1) is 5.82 Å². The fourth-order valence-corrected chi connectivity index (χ4v) is 3.90. The molecule has 35 heavy (non-hydrogen) atoms. The number of amides is 3. The van der Waals surface area contributed by atoms with Crippen LogP contribution < -0.4 is 10.2 Å². The summed E-state index contributed by atoms with van der Waals surface area (Å²) in [5.74, 6) is -0.615. The van der Waals surface area contributed by atoms with Crippen molar-refractivity contribution >= 4 is 23.3 Å². The second-order valence-electron chi connectivity index (χ2n) is 8.30. The molecule has 4 rings (SSSR count). The van der Waals surface area contributed by atoms with Gasteiger partial charge in [0, 0.05) is 31.0 Å². The summed E-state index contributed by atoms with van der Waals surface area (Å²) in [5.41, 5.74) is 1.80. The van der Waals surface area contributed by atoms with Crippen LogP contribution in [0.15, 0.2) is 72.8 Å². The summed E-state index contributed by atoms with van der Waals surface area (Å²) in [7, 11) is 0. The van der Waals surface area contributed by atoms with Gasteiger partial charge in [-0.15, -0.1) is 0 Å². The fraction of sp³-hybridized carbons (Fsp3) is 0.231. The van der Waals surface area contributed by atoms with Gasteiger partial charge in [0.1, 0.15) is 5.82 Å². The molecule has 0 saturated carbocycles. The lowest BCUT2D eigenvalue weighted by Gasteiger charge is -2.35. The average molecular weight is 485 g/mol. The Bertz CT molecular complexity index is 1180. The average Bonchev–Trinajstić information content (AvgIpc) is 2.82. The van der Waals surface area contributed by atoms with Crippen molar-refractivity contribution in [3.05, 3.63) is 95.3 Å². The first-order valence-corrected chi connectivity index (χ1v) is 11.1. The smallest absolute Gasteiger partial charge is 0.326 e. The van der Waals surface area contributed by atoms with Gasteiger partial charge in [0.25, 0.3) is 0 Å². The molecule has 1 saturated heterocycles. The molecule has 0 radical (unpaired) electrons. The third-order valence-corrected chi connectivity index (χ3v) is 5.71. The zero-order valence-electron chi connectivity index (χ0n) is 18.7. The number of anilines is 2. The van der Waals surface area contributed by atoms with Crippen LogP contribution in [0.25, 0.3) is 0 Å². The Morgan fingerprint density at radius 3 is 2.11 bits per heavy atom. The van der Waals surface area contributed by atoms with Gasteiger partial charge < -0.3 is 10.2 Å². The summed E-state index contributed by atoms with van der Waals surface area (Å²) in [4.78, 5) is 28.5. The maximum Gasteiger partial charge on any atom is 0.416 e. The number of halogens is 4. The summed E-state index contributed by atoms with van der Waals surface area (Å²) in [6.07, 6.45) is -3.59. The minimum Gasteiger partial charge on any atom is -0.326 e. The Morgan fingerprint density at radius 1 is 0.857 bits per heavy atom. The number of rotatable bonds is 6. The van der Waals surface area contributed by atoms with Crippen LogP contribution in [-0.2, 0) is 23.9 Å². The van der Waals surface area contributed by atoms with Crippen LogP contribution in [0.3, 0.4) is 0 Å². The van der Waals surface area contributed by atoms with E-state index in [1.165, 1.54) is 24.3 Å². The van der Waals surface area contributed by atoms with Crippen molar-refractivity contribution in [3.63, 3.8) is 0 Å². The molecule has 1 heterocycles. The van der Waals surface area contributed by atoms with Crippen molar-refractivity contribution in [3.8, 4) is 0 Å². The minimum atomic E-state index is -4.40. The Hall–Kier alpha value is -3.88. The lowest BCUT2D eigenvalue weighted by molar-refractivity contribution is -0.137. The normalized spacial score (nSPS) is 14.2. The van der Waals surface area contributed by atoms with Crippen LogP contribution in [0.1, 0.15) is 23.1 Å². The summed E-state index contributed by atoms with van der Waals surface area (Å²) in [5, 5.41) is 2.78. The van der Waals surface area contributed by atoms with Gasteiger partial charge in [0.05, 0.1) is 12.0 Å². The number of benzene rings is 3. The lowest BCUT2D eigenvalue weighted by Crippen LogP contribution is -2.49. The standard InChI is InChI=1S/C26H23F4N3O2/c27-21-8-4-18(5-9-21)16-24(34)31-22-10-12-23(13-11-22)33-15-1-14-32(25(33)35)17-19-2-6-20(7-3-19)26(28,29)30/h2-13H,1,14-17H2,(H,31,34). The Labute approximate surface area is 200 Å². The first-order chi connectivity index (χ1) is 16.7. The lowest BCUT2D eigenvalue weighted by atomic mass is 10.1. The molecule has 0 spiro atoms. The van der Waals surface area contributed by atoms with Gasteiger partial charge in [-0.1, -0.05) is 24.3 Å². The molecule has 1 N–H and O–H groups in total. The predicted molar refractivity (Wildman–Crippen MR) is 124 cm³/mol. The number of hydrogen-bond acceptors (Lipinski definition) is 2. The van der Waals surface area contributed by atoms with E-state index < -0.39 is 11.7 Å². The van der Waals surface area contributed by atoms with Crippen LogP contribution >= 0.6 is 0 Å². The summed E-state index contributed by atoms with van der Waals surface area (Å²) in [6.45, 7) is 1.23. The monoisotopic (exact) mass is 485 g/mol. The molecule has 182 valence electrons. The van der Waals surface area contributed by atoms with E-state index in [1.54, 1.807) is 46.2 Å². The Balaban J connectivity index is 1.36. The maximum absolute atomic E-state index is 13.0. The molecule has 1 aliphatic rings. The van der Waals surface area contributed by atoms with Crippen molar-refractivity contribution < 1.29 is 27.2 Å². The van der Waals surface area contributed by atoms with E-state index in [0.29, 0.717) is 42.0 Å². The second-order valence-corrected chi connectivity index (χ2v) is 8.30. The largest absolute Gasteiger partial charge is 0.416 e. The third kappa shape index (κ3) is 6.17. The molecule has 3 aromatic carbocycles. The summed E-state index contributed by atoms with van der Waals surface area (Å²) >= 11 is 0. The van der Waals surface area contributed by atoms with E-state index >= 15 is 0 Å². The molecule has 0 aromatic heterocycles. The highest BCUT2D eigenvalue weighted by atomic mass is 19.4. The quantitative estimate of drug-likeness (QED) is 0.445. The molecule has 5 nitrogen and oxygen atoms in total. The van der Waals surface area contributed by atoms with E-state index in [0.717, 1.165) is 12.1 Å². The molecular formula is C26H23F4N3O2. The summed E-state index contributed by atoms with van der Waals surface area (Å²) < 4.78 is 51.4. The molecule has 9 heteroatoms. The number of urea groups is 1. The highest BCUT2D eigenvalue weighted by Crippen LogP contribution is 2.29. The van der Waals surface area contributed by atoms with Gasteiger partial charge in [-0.25, -0.2) is 9.18 Å². The molecule has 0 aliphatic carbocycles. The van der Waals surface area contributed by atoms with Gasteiger partial charge >= 0.3 is 12.2 Å². The third-order valence-electron chi connectivity index (χ3n) is 5.71. The molecule has 1 fully saturated rings. The number of alkyl halides is 3. The first-order valence-electron chi connectivity index (χ1n) is 11.1. The topological polar surface area (TPSA) is 52.7 Å². The van der Waals surface area contributed by atoms with Crippen molar-refractivity contribution in [2.45, 2.75) is 25.6 Å². The van der Waals surface area contributed by atoms with Crippen LogP contribution in [0.5, 0.6) is 0 Å². The van der Waals surface area contributed by atoms with Crippen LogP contribution in [0.2, 0.25) is 0 Å². The molecule has 1 aliphatic heterocycles. The SMILES string of the molecule is O=C(Cc1ccc(F)cc1)Nc1ccc(N2CCCN(Cc3ccc(C(F)(F)F)cc3)C2=O)cc1. The number of nitrogens with zero attached hydrogens (tertiary/aromatic N) is 2. The van der Waals surface area contributed by atoms with Gasteiger partial charge in [-0.05, 0) is 66.1 Å². The molecule has 0 bridgehead atoms. The Kier molecular flexibility index (Phi) is 7.04. The number of hydrogen-bond donors (Lipinski definition) is 1. The zero-order valence-corrected chi connectivity index (χ0v) is 18.7. The van der Waals surface area contributed by atoms with Crippen LogP contribution in [-0.4, -0.2) is 29.9 Å². The zero-order chi connectivity index (χ0) is 25.0. The predicted octanol–water partition coefficient (Wildman–Crippen LogP) is 5.86. The first kappa shape index (κ1) is 24.3. The van der Waals surface area contributed by atoms with E-state index in [9.17, 15) is 27.2 Å². The van der Waals surface area contributed by atoms with E-state index in [-0.39, 0.29) is 30.7 Å². The number of carbonyl (C=O) groups excluding carboxylic acids is 2. The van der Waals surface area contributed by atoms with Gasteiger partial charge in [-0.2, -0.15) is 13.2 Å². The van der Waals surface area contributed by atoms with Crippen LogP contribution in [0.4, 0.5) is 33.7 Å². The minimum absolute atomic E-state index is 0.103. The van der Waals surface area contributed by atoms with Crippen molar-refractivity contribution in [2.24, 2.45) is 0 Å². The van der Waals surface area contributed by atoms with Crippen molar-refractivity contribution in [1.29, 1.82) is 0 Å².